The van der Waals surface area contributed by atoms with Crippen LogP contribution < -0.4 is 9.47 Å². The van der Waals surface area contributed by atoms with Crippen LogP contribution in [-0.4, -0.2) is 75.8 Å². The molecule has 0 saturated carbocycles. The van der Waals surface area contributed by atoms with Gasteiger partial charge in [0.15, 0.2) is 12.4 Å². The predicted molar refractivity (Wildman–Crippen MR) is 110 cm³/mol. The lowest BCUT2D eigenvalue weighted by Crippen LogP contribution is -2.49. The van der Waals surface area contributed by atoms with Crippen LogP contribution in [0.4, 0.5) is 0 Å². The SMILES string of the molecule is COc1ccc(OCC(=O)N2CCN(Cc3nnnn3-c3ccccc3)CC2)cc1. The first-order chi connectivity index (χ1) is 14.7. The molecule has 0 spiro atoms. The van der Waals surface area contributed by atoms with Crippen LogP contribution in [0.15, 0.2) is 54.6 Å². The van der Waals surface area contributed by atoms with Gasteiger partial charge in [0, 0.05) is 26.2 Å². The molecule has 2 aromatic carbocycles. The van der Waals surface area contributed by atoms with Gasteiger partial charge in [0.05, 0.1) is 19.3 Å². The number of piperazine rings is 1. The summed E-state index contributed by atoms with van der Waals surface area (Å²) in [6.07, 6.45) is 0. The maximum absolute atomic E-state index is 12.5. The van der Waals surface area contributed by atoms with Crippen molar-refractivity contribution in [2.45, 2.75) is 6.54 Å². The molecular weight excluding hydrogens is 384 g/mol. The van der Waals surface area contributed by atoms with Gasteiger partial charge in [0.1, 0.15) is 11.5 Å². The minimum atomic E-state index is -0.0143. The van der Waals surface area contributed by atoms with E-state index in [4.69, 9.17) is 9.47 Å². The zero-order chi connectivity index (χ0) is 20.8. The van der Waals surface area contributed by atoms with E-state index in [2.05, 4.69) is 20.4 Å². The summed E-state index contributed by atoms with van der Waals surface area (Å²) in [5.74, 6) is 2.17. The van der Waals surface area contributed by atoms with Crippen molar-refractivity contribution in [3.05, 3.63) is 60.4 Å². The van der Waals surface area contributed by atoms with Crippen molar-refractivity contribution in [2.24, 2.45) is 0 Å². The first-order valence-corrected chi connectivity index (χ1v) is 9.82. The fraction of sp³-hybridized carbons (Fsp3) is 0.333. The average Bonchev–Trinajstić information content (AvgIpc) is 3.27. The molecule has 0 aliphatic carbocycles. The van der Waals surface area contributed by atoms with Gasteiger partial charge >= 0.3 is 0 Å². The molecule has 1 fully saturated rings. The minimum Gasteiger partial charge on any atom is -0.497 e. The van der Waals surface area contributed by atoms with E-state index in [1.54, 1.807) is 23.9 Å². The fourth-order valence-corrected chi connectivity index (χ4v) is 3.34. The van der Waals surface area contributed by atoms with E-state index in [1.807, 2.05) is 47.4 Å². The molecule has 1 amide bonds. The predicted octanol–water partition coefficient (Wildman–Crippen LogP) is 1.39. The standard InChI is InChI=1S/C21H24N6O3/c1-29-18-7-9-19(10-8-18)30-16-21(28)26-13-11-25(12-14-26)15-20-22-23-24-27(20)17-5-3-2-4-6-17/h2-10H,11-16H2,1H3. The number of benzene rings is 2. The van der Waals surface area contributed by atoms with Crippen LogP contribution in [0.2, 0.25) is 0 Å². The van der Waals surface area contributed by atoms with Crippen molar-refractivity contribution in [1.82, 2.24) is 30.0 Å². The van der Waals surface area contributed by atoms with E-state index in [9.17, 15) is 4.79 Å². The Balaban J connectivity index is 1.26. The quantitative estimate of drug-likeness (QED) is 0.584. The van der Waals surface area contributed by atoms with Gasteiger partial charge in [0.2, 0.25) is 0 Å². The second kappa shape index (κ2) is 9.36. The largest absolute Gasteiger partial charge is 0.497 e. The number of ether oxygens (including phenoxy) is 2. The Bertz CT molecular complexity index is 952. The van der Waals surface area contributed by atoms with Crippen LogP contribution >= 0.6 is 0 Å². The fourth-order valence-electron chi connectivity index (χ4n) is 3.34. The average molecular weight is 408 g/mol. The number of carbonyl (C=O) groups is 1. The van der Waals surface area contributed by atoms with Gasteiger partial charge in [-0.2, -0.15) is 4.68 Å². The molecule has 9 heteroatoms. The van der Waals surface area contributed by atoms with Crippen molar-refractivity contribution in [3.8, 4) is 17.2 Å². The lowest BCUT2D eigenvalue weighted by atomic mass is 10.3. The Morgan fingerprint density at radius 3 is 2.37 bits per heavy atom. The van der Waals surface area contributed by atoms with Crippen LogP contribution in [0.1, 0.15) is 5.82 Å². The highest BCUT2D eigenvalue weighted by Gasteiger charge is 2.23. The van der Waals surface area contributed by atoms with Gasteiger partial charge in [0.25, 0.3) is 5.91 Å². The summed E-state index contributed by atoms with van der Waals surface area (Å²) in [6, 6.07) is 17.0. The number of hydrogen-bond acceptors (Lipinski definition) is 7. The Labute approximate surface area is 174 Å². The normalized spacial score (nSPS) is 14.5. The number of para-hydroxylation sites is 1. The third-order valence-corrected chi connectivity index (χ3v) is 5.05. The summed E-state index contributed by atoms with van der Waals surface area (Å²) >= 11 is 0. The third-order valence-electron chi connectivity index (χ3n) is 5.05. The molecule has 1 aromatic heterocycles. The van der Waals surface area contributed by atoms with Gasteiger partial charge in [-0.15, -0.1) is 5.10 Å². The maximum Gasteiger partial charge on any atom is 0.260 e. The smallest absolute Gasteiger partial charge is 0.260 e. The van der Waals surface area contributed by atoms with Crippen LogP contribution in [-0.2, 0) is 11.3 Å². The molecular formula is C21H24N6O3. The van der Waals surface area contributed by atoms with Gasteiger partial charge in [-0.05, 0) is 46.8 Å². The number of methoxy groups -OCH3 is 1. The van der Waals surface area contributed by atoms with Crippen LogP contribution in [0, 0.1) is 0 Å². The molecule has 1 saturated heterocycles. The molecule has 0 unspecified atom stereocenters. The van der Waals surface area contributed by atoms with E-state index in [-0.39, 0.29) is 12.5 Å². The molecule has 9 nitrogen and oxygen atoms in total. The highest BCUT2D eigenvalue weighted by Crippen LogP contribution is 2.17. The van der Waals surface area contributed by atoms with Crippen molar-refractivity contribution in [2.75, 3.05) is 39.9 Å². The van der Waals surface area contributed by atoms with E-state index < -0.39 is 0 Å². The lowest BCUT2D eigenvalue weighted by molar-refractivity contribution is -0.135. The summed E-state index contributed by atoms with van der Waals surface area (Å²) in [4.78, 5) is 16.6. The second-order valence-electron chi connectivity index (χ2n) is 6.96. The van der Waals surface area contributed by atoms with Crippen molar-refractivity contribution < 1.29 is 14.3 Å². The molecule has 0 bridgehead atoms. The monoisotopic (exact) mass is 408 g/mol. The lowest BCUT2D eigenvalue weighted by Gasteiger charge is -2.34. The summed E-state index contributed by atoms with van der Waals surface area (Å²) in [5.41, 5.74) is 0.932. The maximum atomic E-state index is 12.5. The third kappa shape index (κ3) is 4.74. The van der Waals surface area contributed by atoms with Crippen LogP contribution in [0.25, 0.3) is 5.69 Å². The zero-order valence-electron chi connectivity index (χ0n) is 16.8. The van der Waals surface area contributed by atoms with Gasteiger partial charge in [-0.1, -0.05) is 18.2 Å². The van der Waals surface area contributed by atoms with Crippen LogP contribution in [0.5, 0.6) is 11.5 Å². The van der Waals surface area contributed by atoms with Gasteiger partial charge < -0.3 is 14.4 Å². The summed E-state index contributed by atoms with van der Waals surface area (Å²) in [7, 11) is 1.61. The Morgan fingerprint density at radius 1 is 0.967 bits per heavy atom. The molecule has 0 atom stereocenters. The summed E-state index contributed by atoms with van der Waals surface area (Å²) < 4.78 is 12.5. The first-order valence-electron chi connectivity index (χ1n) is 9.82. The van der Waals surface area contributed by atoms with Crippen molar-refractivity contribution in [1.29, 1.82) is 0 Å². The summed E-state index contributed by atoms with van der Waals surface area (Å²) in [6.45, 7) is 3.48. The van der Waals surface area contributed by atoms with E-state index in [0.29, 0.717) is 25.4 Å². The number of amides is 1. The van der Waals surface area contributed by atoms with Crippen molar-refractivity contribution in [3.63, 3.8) is 0 Å². The van der Waals surface area contributed by atoms with E-state index in [0.717, 1.165) is 30.4 Å². The zero-order valence-corrected chi connectivity index (χ0v) is 16.8. The Morgan fingerprint density at radius 2 is 1.67 bits per heavy atom. The number of hydrogen-bond donors (Lipinski definition) is 0. The molecule has 30 heavy (non-hydrogen) atoms. The molecule has 0 N–H and O–H groups in total. The van der Waals surface area contributed by atoms with Gasteiger partial charge in [-0.25, -0.2) is 0 Å². The van der Waals surface area contributed by atoms with E-state index >= 15 is 0 Å². The van der Waals surface area contributed by atoms with Gasteiger partial charge in [-0.3, -0.25) is 9.69 Å². The number of rotatable bonds is 7. The topological polar surface area (TPSA) is 85.6 Å². The molecule has 156 valence electrons. The molecule has 3 aromatic rings. The van der Waals surface area contributed by atoms with Crippen molar-refractivity contribution >= 4 is 5.91 Å². The Hall–Kier alpha value is -3.46. The molecule has 0 radical (unpaired) electrons. The Kier molecular flexibility index (Phi) is 6.19. The summed E-state index contributed by atoms with van der Waals surface area (Å²) in [5, 5.41) is 12.1. The number of aromatic nitrogens is 4. The number of carbonyl (C=O) groups excluding carboxylic acids is 1. The highest BCUT2D eigenvalue weighted by atomic mass is 16.5. The van der Waals surface area contributed by atoms with E-state index in [1.165, 1.54) is 0 Å². The van der Waals surface area contributed by atoms with Crippen LogP contribution in [0.3, 0.4) is 0 Å². The highest BCUT2D eigenvalue weighted by molar-refractivity contribution is 5.77. The number of nitrogens with zero attached hydrogens (tertiary/aromatic N) is 6. The first kappa shape index (κ1) is 19.8. The molecule has 1 aliphatic rings. The minimum absolute atomic E-state index is 0.0143. The molecule has 2 heterocycles. The molecule has 4 rings (SSSR count). The second-order valence-corrected chi connectivity index (χ2v) is 6.96. The number of tetrazole rings is 1. The molecule has 1 aliphatic heterocycles.